The summed E-state index contributed by atoms with van der Waals surface area (Å²) >= 11 is 0. The summed E-state index contributed by atoms with van der Waals surface area (Å²) in [4.78, 5) is 0. The lowest BCUT2D eigenvalue weighted by molar-refractivity contribution is -0.0834. The molecule has 0 bridgehead atoms. The van der Waals surface area contributed by atoms with Crippen LogP contribution >= 0.6 is 0 Å². The fourth-order valence-electron chi connectivity index (χ4n) is 5.75. The third-order valence-corrected chi connectivity index (χ3v) is 7.42. The summed E-state index contributed by atoms with van der Waals surface area (Å²) in [7, 11) is 0. The molecular weight excluding hydrogens is 296 g/mol. The molecule has 0 aromatic heterocycles. The number of phenolic OH excluding ortho intramolecular Hbond substituents is 2. The fraction of sp³-hybridized carbons (Fsp3) is 0.455. The van der Waals surface area contributed by atoms with Gasteiger partial charge in [0.2, 0.25) is 0 Å². The maximum atomic E-state index is 9.72. The first-order valence-corrected chi connectivity index (χ1v) is 8.88. The van der Waals surface area contributed by atoms with Gasteiger partial charge < -0.3 is 10.2 Å². The van der Waals surface area contributed by atoms with Crippen LogP contribution in [0.25, 0.3) is 0 Å². The van der Waals surface area contributed by atoms with Gasteiger partial charge in [-0.3, -0.25) is 0 Å². The Bertz CT molecular complexity index is 716. The Balaban J connectivity index is 1.88. The first-order chi connectivity index (χ1) is 11.3. The highest BCUT2D eigenvalue weighted by Gasteiger charge is 2.67. The number of aromatic hydroxyl groups is 2. The SMILES string of the molecule is CC1CC2(C)CC(c3ccc(O)cc3)(c3ccc(O)cc3)CC12C. The van der Waals surface area contributed by atoms with Crippen molar-refractivity contribution in [1.82, 2.24) is 0 Å². The molecule has 24 heavy (non-hydrogen) atoms. The van der Waals surface area contributed by atoms with Crippen molar-refractivity contribution >= 4 is 0 Å². The van der Waals surface area contributed by atoms with Crippen LogP contribution in [-0.2, 0) is 5.41 Å². The zero-order valence-corrected chi connectivity index (χ0v) is 14.7. The van der Waals surface area contributed by atoms with Crippen LogP contribution in [0.15, 0.2) is 48.5 Å². The molecule has 0 radical (unpaired) electrons. The van der Waals surface area contributed by atoms with Crippen molar-refractivity contribution in [2.75, 3.05) is 0 Å². The van der Waals surface area contributed by atoms with Crippen molar-refractivity contribution in [3.05, 3.63) is 59.7 Å². The minimum absolute atomic E-state index is 0.0460. The fourth-order valence-corrected chi connectivity index (χ4v) is 5.75. The average molecular weight is 322 g/mol. The standard InChI is InChI=1S/C22H26O2/c1-15-12-20(2)13-22(14-21(15,20)3,16-4-8-18(23)9-5-16)17-6-10-19(24)11-7-17/h4-11,15,23-24H,12-14H2,1-3H3. The molecule has 0 amide bonds. The minimum Gasteiger partial charge on any atom is -0.508 e. The normalized spacial score (nSPS) is 33.7. The Hall–Kier alpha value is -1.96. The van der Waals surface area contributed by atoms with Gasteiger partial charge in [0, 0.05) is 5.41 Å². The van der Waals surface area contributed by atoms with Gasteiger partial charge in [-0.25, -0.2) is 0 Å². The van der Waals surface area contributed by atoms with Gasteiger partial charge in [-0.1, -0.05) is 45.0 Å². The van der Waals surface area contributed by atoms with Gasteiger partial charge in [0.25, 0.3) is 0 Å². The van der Waals surface area contributed by atoms with E-state index in [1.165, 1.54) is 17.5 Å². The quantitative estimate of drug-likeness (QED) is 0.795. The zero-order chi connectivity index (χ0) is 17.2. The molecule has 2 aliphatic carbocycles. The van der Waals surface area contributed by atoms with E-state index in [1.807, 2.05) is 0 Å². The molecule has 2 aromatic rings. The van der Waals surface area contributed by atoms with Crippen LogP contribution in [-0.4, -0.2) is 10.2 Å². The lowest BCUT2D eigenvalue weighted by Crippen LogP contribution is -2.49. The van der Waals surface area contributed by atoms with Gasteiger partial charge in [-0.05, 0) is 71.4 Å². The zero-order valence-electron chi connectivity index (χ0n) is 14.7. The Morgan fingerprint density at radius 2 is 1.25 bits per heavy atom. The number of hydrogen-bond donors (Lipinski definition) is 2. The summed E-state index contributed by atoms with van der Waals surface area (Å²) < 4.78 is 0. The van der Waals surface area contributed by atoms with E-state index in [4.69, 9.17) is 0 Å². The summed E-state index contributed by atoms with van der Waals surface area (Å²) in [5.74, 6) is 1.36. The van der Waals surface area contributed by atoms with E-state index in [0.717, 1.165) is 18.8 Å². The molecule has 0 saturated heterocycles. The van der Waals surface area contributed by atoms with E-state index < -0.39 is 0 Å². The summed E-state index contributed by atoms with van der Waals surface area (Å²) in [6, 6.07) is 15.5. The van der Waals surface area contributed by atoms with Crippen LogP contribution in [0.1, 0.15) is 51.2 Å². The van der Waals surface area contributed by atoms with Gasteiger partial charge in [0.05, 0.1) is 0 Å². The lowest BCUT2D eigenvalue weighted by atomic mass is 9.47. The highest BCUT2D eigenvalue weighted by molar-refractivity contribution is 5.46. The van der Waals surface area contributed by atoms with Crippen LogP contribution in [0.4, 0.5) is 0 Å². The van der Waals surface area contributed by atoms with Crippen LogP contribution in [0.3, 0.4) is 0 Å². The predicted octanol–water partition coefficient (Wildman–Crippen LogP) is 5.23. The number of hydrogen-bond acceptors (Lipinski definition) is 2. The number of phenols is 2. The molecule has 0 aliphatic heterocycles. The van der Waals surface area contributed by atoms with Gasteiger partial charge >= 0.3 is 0 Å². The van der Waals surface area contributed by atoms with Gasteiger partial charge in [0.15, 0.2) is 0 Å². The van der Waals surface area contributed by atoms with Crippen molar-refractivity contribution in [3.8, 4) is 11.5 Å². The molecule has 2 aromatic carbocycles. The first kappa shape index (κ1) is 15.6. The Morgan fingerprint density at radius 3 is 1.62 bits per heavy atom. The van der Waals surface area contributed by atoms with Gasteiger partial charge in [-0.2, -0.15) is 0 Å². The highest BCUT2D eigenvalue weighted by Crippen LogP contribution is 2.74. The maximum absolute atomic E-state index is 9.72. The van der Waals surface area contributed by atoms with Crippen LogP contribution < -0.4 is 0 Å². The van der Waals surface area contributed by atoms with E-state index in [-0.39, 0.29) is 5.41 Å². The first-order valence-electron chi connectivity index (χ1n) is 8.88. The largest absolute Gasteiger partial charge is 0.508 e. The van der Waals surface area contributed by atoms with E-state index in [2.05, 4.69) is 45.0 Å². The molecule has 2 fully saturated rings. The van der Waals surface area contributed by atoms with E-state index in [1.54, 1.807) is 24.3 Å². The minimum atomic E-state index is -0.0460. The second-order valence-corrected chi connectivity index (χ2v) is 8.61. The van der Waals surface area contributed by atoms with Crippen molar-refractivity contribution in [2.45, 2.75) is 45.4 Å². The molecule has 4 rings (SSSR count). The predicted molar refractivity (Wildman–Crippen MR) is 96.2 cm³/mol. The molecule has 2 saturated carbocycles. The highest BCUT2D eigenvalue weighted by atomic mass is 16.3. The summed E-state index contributed by atoms with van der Waals surface area (Å²) in [6.07, 6.45) is 3.52. The lowest BCUT2D eigenvalue weighted by Gasteiger charge is -2.57. The van der Waals surface area contributed by atoms with Crippen molar-refractivity contribution in [2.24, 2.45) is 16.7 Å². The topological polar surface area (TPSA) is 40.5 Å². The van der Waals surface area contributed by atoms with E-state index >= 15 is 0 Å². The third kappa shape index (κ3) is 1.89. The number of fused-ring (bicyclic) bond motifs is 1. The third-order valence-electron chi connectivity index (χ3n) is 7.42. The van der Waals surface area contributed by atoms with E-state index in [0.29, 0.717) is 22.3 Å². The average Bonchev–Trinajstić information content (AvgIpc) is 2.74. The van der Waals surface area contributed by atoms with Crippen LogP contribution in [0.5, 0.6) is 11.5 Å². The van der Waals surface area contributed by atoms with Gasteiger partial charge in [0.1, 0.15) is 11.5 Å². The molecule has 2 aliphatic rings. The molecular formula is C22H26O2. The monoisotopic (exact) mass is 322 g/mol. The van der Waals surface area contributed by atoms with Crippen molar-refractivity contribution < 1.29 is 10.2 Å². The second-order valence-electron chi connectivity index (χ2n) is 8.61. The van der Waals surface area contributed by atoms with E-state index in [9.17, 15) is 10.2 Å². The Labute approximate surface area is 144 Å². The number of benzene rings is 2. The second kappa shape index (κ2) is 4.78. The summed E-state index contributed by atoms with van der Waals surface area (Å²) in [6.45, 7) is 7.27. The molecule has 3 atom stereocenters. The van der Waals surface area contributed by atoms with Crippen LogP contribution in [0, 0.1) is 16.7 Å². The molecule has 2 N–H and O–H groups in total. The van der Waals surface area contributed by atoms with Crippen LogP contribution in [0.2, 0.25) is 0 Å². The van der Waals surface area contributed by atoms with Gasteiger partial charge in [-0.15, -0.1) is 0 Å². The summed E-state index contributed by atoms with van der Waals surface area (Å²) in [5.41, 5.74) is 3.19. The van der Waals surface area contributed by atoms with Crippen molar-refractivity contribution in [3.63, 3.8) is 0 Å². The molecule has 126 valence electrons. The smallest absolute Gasteiger partial charge is 0.115 e. The molecule has 2 nitrogen and oxygen atoms in total. The molecule has 0 spiro atoms. The Morgan fingerprint density at radius 1 is 0.792 bits per heavy atom. The Kier molecular flexibility index (Phi) is 3.10. The maximum Gasteiger partial charge on any atom is 0.115 e. The summed E-state index contributed by atoms with van der Waals surface area (Å²) in [5, 5.41) is 19.4. The molecule has 2 heteroatoms. The number of rotatable bonds is 2. The van der Waals surface area contributed by atoms with Crippen molar-refractivity contribution in [1.29, 1.82) is 0 Å². The molecule has 0 heterocycles. The molecule has 3 unspecified atom stereocenters.